The van der Waals surface area contributed by atoms with Crippen LogP contribution < -0.4 is 0 Å². The molecule has 0 atom stereocenters. The number of carbonyl (C=O) groups is 1. The third-order valence-corrected chi connectivity index (χ3v) is 3.32. The van der Waals surface area contributed by atoms with E-state index in [-0.39, 0.29) is 12.4 Å². The number of hydrogen-bond donors (Lipinski definition) is 0. The second-order valence-electron chi connectivity index (χ2n) is 3.86. The maximum absolute atomic E-state index is 11.6. The van der Waals surface area contributed by atoms with Crippen LogP contribution in [-0.2, 0) is 27.7 Å². The van der Waals surface area contributed by atoms with Crippen molar-refractivity contribution in [3.63, 3.8) is 0 Å². The Hall–Kier alpha value is -1.34. The van der Waals surface area contributed by atoms with E-state index in [1.807, 2.05) is 19.1 Å². The van der Waals surface area contributed by atoms with Gasteiger partial charge >= 0.3 is 5.97 Å². The Bertz CT molecular complexity index is 477. The Morgan fingerprint density at radius 1 is 1.44 bits per heavy atom. The first-order valence-electron chi connectivity index (χ1n) is 5.92. The summed E-state index contributed by atoms with van der Waals surface area (Å²) in [5.41, 5.74) is 3.48. The van der Waals surface area contributed by atoms with Crippen LogP contribution in [0.25, 0.3) is 0 Å². The first kappa shape index (κ1) is 14.7. The molecule has 96 valence electrons. The average molecular weight is 310 g/mol. The molecule has 0 saturated carbocycles. The molecule has 1 aromatic rings. The van der Waals surface area contributed by atoms with Gasteiger partial charge in [0.05, 0.1) is 24.7 Å². The van der Waals surface area contributed by atoms with Gasteiger partial charge in [0.2, 0.25) is 0 Å². The van der Waals surface area contributed by atoms with Crippen molar-refractivity contribution in [2.75, 3.05) is 6.61 Å². The molecule has 0 amide bonds. The molecular formula is C14H16BrNO2. The number of rotatable bonds is 5. The predicted molar refractivity (Wildman–Crippen MR) is 73.5 cm³/mol. The molecule has 0 aromatic heterocycles. The molecule has 0 aliphatic carbocycles. The van der Waals surface area contributed by atoms with Crippen molar-refractivity contribution in [2.24, 2.45) is 0 Å². The van der Waals surface area contributed by atoms with Crippen LogP contribution in [0, 0.1) is 11.3 Å². The van der Waals surface area contributed by atoms with E-state index in [2.05, 4.69) is 22.0 Å². The van der Waals surface area contributed by atoms with Crippen molar-refractivity contribution in [1.29, 1.82) is 5.26 Å². The van der Waals surface area contributed by atoms with E-state index in [0.717, 1.165) is 23.1 Å². The van der Waals surface area contributed by atoms with E-state index in [0.29, 0.717) is 17.5 Å². The molecule has 1 aromatic carbocycles. The quantitative estimate of drug-likeness (QED) is 0.620. The van der Waals surface area contributed by atoms with Crippen LogP contribution >= 0.6 is 15.9 Å². The van der Waals surface area contributed by atoms with Crippen LogP contribution in [0.2, 0.25) is 0 Å². The van der Waals surface area contributed by atoms with E-state index >= 15 is 0 Å². The summed E-state index contributed by atoms with van der Waals surface area (Å²) in [5, 5.41) is 9.82. The minimum absolute atomic E-state index is 0.229. The van der Waals surface area contributed by atoms with Gasteiger partial charge in [0, 0.05) is 5.33 Å². The number of hydrogen-bond acceptors (Lipinski definition) is 3. The molecule has 3 nitrogen and oxygen atoms in total. The van der Waals surface area contributed by atoms with Gasteiger partial charge < -0.3 is 4.74 Å². The number of nitriles is 1. The molecule has 0 heterocycles. The maximum atomic E-state index is 11.6. The van der Waals surface area contributed by atoms with Crippen LogP contribution in [-0.4, -0.2) is 12.6 Å². The Kier molecular flexibility index (Phi) is 5.87. The highest BCUT2D eigenvalue weighted by molar-refractivity contribution is 9.08. The molecular weight excluding hydrogens is 294 g/mol. The maximum Gasteiger partial charge on any atom is 0.310 e. The van der Waals surface area contributed by atoms with Crippen molar-refractivity contribution in [1.82, 2.24) is 0 Å². The van der Waals surface area contributed by atoms with Gasteiger partial charge in [0.15, 0.2) is 0 Å². The van der Waals surface area contributed by atoms with Crippen LogP contribution in [0.3, 0.4) is 0 Å². The van der Waals surface area contributed by atoms with Crippen LogP contribution in [0.1, 0.15) is 36.1 Å². The van der Waals surface area contributed by atoms with Gasteiger partial charge in [-0.1, -0.05) is 28.9 Å². The lowest BCUT2D eigenvalue weighted by Crippen LogP contribution is -2.10. The fraction of sp³-hybridized carbons (Fsp3) is 0.429. The normalized spacial score (nSPS) is 9.89. The van der Waals surface area contributed by atoms with Crippen molar-refractivity contribution in [2.45, 2.75) is 32.0 Å². The monoisotopic (exact) mass is 309 g/mol. The number of carbonyl (C=O) groups excluding carboxylic acids is 1. The summed E-state index contributed by atoms with van der Waals surface area (Å²) in [7, 11) is 0. The lowest BCUT2D eigenvalue weighted by atomic mass is 9.95. The second kappa shape index (κ2) is 7.17. The number of halogens is 1. The second-order valence-corrected chi connectivity index (χ2v) is 4.42. The Morgan fingerprint density at radius 3 is 2.67 bits per heavy atom. The Morgan fingerprint density at radius 2 is 2.17 bits per heavy atom. The van der Waals surface area contributed by atoms with Gasteiger partial charge in [-0.15, -0.1) is 0 Å². The fourth-order valence-corrected chi connectivity index (χ4v) is 2.24. The first-order chi connectivity index (χ1) is 8.65. The summed E-state index contributed by atoms with van der Waals surface area (Å²) in [6, 6.07) is 6.02. The molecule has 0 aliphatic rings. The minimum Gasteiger partial charge on any atom is -0.466 e. The lowest BCUT2D eigenvalue weighted by molar-refractivity contribution is -0.142. The zero-order chi connectivity index (χ0) is 13.5. The zero-order valence-electron chi connectivity index (χ0n) is 10.6. The van der Waals surface area contributed by atoms with E-state index in [4.69, 9.17) is 10.00 Å². The smallest absolute Gasteiger partial charge is 0.310 e. The SMILES string of the molecule is CCOC(=O)Cc1cc(CBr)cc(C#N)c1CC. The predicted octanol–water partition coefficient (Wildman–Crippen LogP) is 3.12. The number of ether oxygens (including phenoxy) is 1. The molecule has 0 saturated heterocycles. The van der Waals surface area contributed by atoms with Crippen molar-refractivity contribution in [3.05, 3.63) is 34.4 Å². The van der Waals surface area contributed by atoms with E-state index in [1.54, 1.807) is 6.92 Å². The summed E-state index contributed by atoms with van der Waals surface area (Å²) < 4.78 is 4.96. The van der Waals surface area contributed by atoms with E-state index in [1.165, 1.54) is 0 Å². The highest BCUT2D eigenvalue weighted by Crippen LogP contribution is 2.21. The largest absolute Gasteiger partial charge is 0.466 e. The van der Waals surface area contributed by atoms with Gasteiger partial charge in [-0.2, -0.15) is 5.26 Å². The molecule has 18 heavy (non-hydrogen) atoms. The van der Waals surface area contributed by atoms with Crippen molar-refractivity contribution in [3.8, 4) is 6.07 Å². The highest BCUT2D eigenvalue weighted by Gasteiger charge is 2.13. The van der Waals surface area contributed by atoms with E-state index in [9.17, 15) is 4.79 Å². The van der Waals surface area contributed by atoms with Crippen molar-refractivity contribution < 1.29 is 9.53 Å². The van der Waals surface area contributed by atoms with Gasteiger partial charge in [-0.3, -0.25) is 4.79 Å². The summed E-state index contributed by atoms with van der Waals surface area (Å²) in [5.74, 6) is -0.247. The van der Waals surface area contributed by atoms with Gasteiger partial charge in [-0.25, -0.2) is 0 Å². The van der Waals surface area contributed by atoms with Crippen molar-refractivity contribution >= 4 is 21.9 Å². The van der Waals surface area contributed by atoms with E-state index < -0.39 is 0 Å². The molecule has 0 aliphatic heterocycles. The zero-order valence-corrected chi connectivity index (χ0v) is 12.2. The molecule has 0 bridgehead atoms. The summed E-state index contributed by atoms with van der Waals surface area (Å²) in [4.78, 5) is 11.6. The lowest BCUT2D eigenvalue weighted by Gasteiger charge is -2.11. The Balaban J connectivity index is 3.15. The molecule has 0 spiro atoms. The van der Waals surface area contributed by atoms with Crippen LogP contribution in [0.15, 0.2) is 12.1 Å². The standard InChI is InChI=1S/C14H16BrNO2/c1-3-13-11(7-14(17)18-4-2)5-10(8-15)6-12(13)9-16/h5-6H,3-4,7-8H2,1-2H3. The number of alkyl halides is 1. The molecule has 0 N–H and O–H groups in total. The molecule has 4 heteroatoms. The minimum atomic E-state index is -0.247. The molecule has 1 rings (SSSR count). The number of nitrogens with zero attached hydrogens (tertiary/aromatic N) is 1. The topological polar surface area (TPSA) is 50.1 Å². The molecule has 0 radical (unpaired) electrons. The highest BCUT2D eigenvalue weighted by atomic mass is 79.9. The average Bonchev–Trinajstić information content (AvgIpc) is 2.37. The third-order valence-electron chi connectivity index (χ3n) is 2.67. The summed E-state index contributed by atoms with van der Waals surface area (Å²) in [6.07, 6.45) is 0.965. The summed E-state index contributed by atoms with van der Waals surface area (Å²) >= 11 is 3.37. The third kappa shape index (κ3) is 3.58. The number of esters is 1. The number of benzene rings is 1. The fourth-order valence-electron chi connectivity index (χ4n) is 1.92. The van der Waals surface area contributed by atoms with Crippen LogP contribution in [0.5, 0.6) is 0 Å². The molecule has 0 unspecified atom stereocenters. The van der Waals surface area contributed by atoms with Crippen LogP contribution in [0.4, 0.5) is 0 Å². The van der Waals surface area contributed by atoms with Gasteiger partial charge in [-0.05, 0) is 36.1 Å². The Labute approximate surface area is 116 Å². The van der Waals surface area contributed by atoms with Gasteiger partial charge in [0.1, 0.15) is 0 Å². The molecule has 0 fully saturated rings. The van der Waals surface area contributed by atoms with Gasteiger partial charge in [0.25, 0.3) is 0 Å². The summed E-state index contributed by atoms with van der Waals surface area (Å²) in [6.45, 7) is 4.15. The first-order valence-corrected chi connectivity index (χ1v) is 7.04.